The first-order valence-electron chi connectivity index (χ1n) is 6.40. The summed E-state index contributed by atoms with van der Waals surface area (Å²) < 4.78 is 0. The quantitative estimate of drug-likeness (QED) is 0.773. The smallest absolute Gasteiger partial charge is 0.308 e. The number of piperidine rings is 1. The van der Waals surface area contributed by atoms with Gasteiger partial charge in [0.1, 0.15) is 0 Å². The number of nitrogens with zero attached hydrogens (tertiary/aromatic N) is 2. The highest BCUT2D eigenvalue weighted by molar-refractivity contribution is 5.86. The summed E-state index contributed by atoms with van der Waals surface area (Å²) in [6, 6.07) is 0. The maximum Gasteiger partial charge on any atom is 0.308 e. The molecule has 0 bridgehead atoms. The normalized spacial score (nSPS) is 26.5. The number of hydrogen-bond donors (Lipinski definition) is 1. The van der Waals surface area contributed by atoms with Crippen LogP contribution in [0.25, 0.3) is 0 Å². The SMILES string of the molecule is O=C(O)C1CC(=O)N(CCN2CCCCC2)C1. The number of aliphatic carboxylic acids is 1. The van der Waals surface area contributed by atoms with Crippen LogP contribution >= 0.6 is 0 Å². The Morgan fingerprint density at radius 2 is 1.94 bits per heavy atom. The van der Waals surface area contributed by atoms with Crippen molar-refractivity contribution in [1.29, 1.82) is 0 Å². The Morgan fingerprint density at radius 1 is 1.24 bits per heavy atom. The van der Waals surface area contributed by atoms with Gasteiger partial charge in [0.25, 0.3) is 0 Å². The lowest BCUT2D eigenvalue weighted by Crippen LogP contribution is -2.38. The average Bonchev–Trinajstić information content (AvgIpc) is 2.70. The van der Waals surface area contributed by atoms with Crippen molar-refractivity contribution in [3.63, 3.8) is 0 Å². The van der Waals surface area contributed by atoms with Gasteiger partial charge in [-0.05, 0) is 25.9 Å². The van der Waals surface area contributed by atoms with E-state index in [2.05, 4.69) is 4.90 Å². The molecule has 96 valence electrons. The van der Waals surface area contributed by atoms with Gasteiger partial charge in [-0.15, -0.1) is 0 Å². The number of rotatable bonds is 4. The van der Waals surface area contributed by atoms with E-state index in [0.29, 0.717) is 13.1 Å². The number of likely N-dealkylation sites (tertiary alicyclic amines) is 2. The molecule has 0 aromatic carbocycles. The van der Waals surface area contributed by atoms with Crippen LogP contribution in [0.3, 0.4) is 0 Å². The molecule has 0 saturated carbocycles. The fourth-order valence-corrected chi connectivity index (χ4v) is 2.60. The Labute approximate surface area is 101 Å². The molecule has 1 amide bonds. The number of carbonyl (C=O) groups excluding carboxylic acids is 1. The van der Waals surface area contributed by atoms with Crippen LogP contribution < -0.4 is 0 Å². The van der Waals surface area contributed by atoms with E-state index in [4.69, 9.17) is 5.11 Å². The molecule has 1 N–H and O–H groups in total. The highest BCUT2D eigenvalue weighted by Crippen LogP contribution is 2.18. The van der Waals surface area contributed by atoms with Gasteiger partial charge in [0, 0.05) is 26.1 Å². The summed E-state index contributed by atoms with van der Waals surface area (Å²) in [6.07, 6.45) is 3.97. The van der Waals surface area contributed by atoms with Crippen molar-refractivity contribution in [3.8, 4) is 0 Å². The second kappa shape index (κ2) is 5.49. The van der Waals surface area contributed by atoms with E-state index in [1.54, 1.807) is 4.90 Å². The van der Waals surface area contributed by atoms with Gasteiger partial charge in [-0.3, -0.25) is 9.59 Å². The largest absolute Gasteiger partial charge is 0.481 e. The predicted molar refractivity (Wildman–Crippen MR) is 62.6 cm³/mol. The molecule has 1 unspecified atom stereocenters. The van der Waals surface area contributed by atoms with Crippen LogP contribution in [0, 0.1) is 5.92 Å². The van der Waals surface area contributed by atoms with Crippen molar-refractivity contribution in [2.24, 2.45) is 5.92 Å². The molecule has 17 heavy (non-hydrogen) atoms. The maximum atomic E-state index is 11.6. The number of carboxylic acids is 1. The minimum atomic E-state index is -0.848. The van der Waals surface area contributed by atoms with Crippen molar-refractivity contribution in [2.45, 2.75) is 25.7 Å². The summed E-state index contributed by atoms with van der Waals surface area (Å²) in [5.74, 6) is -1.35. The summed E-state index contributed by atoms with van der Waals surface area (Å²) in [5.41, 5.74) is 0. The molecule has 2 saturated heterocycles. The third-order valence-electron chi connectivity index (χ3n) is 3.70. The van der Waals surface area contributed by atoms with Crippen molar-refractivity contribution in [2.75, 3.05) is 32.7 Å². The third kappa shape index (κ3) is 3.19. The molecule has 0 aromatic rings. The zero-order chi connectivity index (χ0) is 12.3. The molecule has 5 nitrogen and oxygen atoms in total. The molecule has 0 radical (unpaired) electrons. The van der Waals surface area contributed by atoms with Crippen LogP contribution in [-0.2, 0) is 9.59 Å². The van der Waals surface area contributed by atoms with Gasteiger partial charge < -0.3 is 14.9 Å². The van der Waals surface area contributed by atoms with Gasteiger partial charge in [0.15, 0.2) is 0 Å². The Balaban J connectivity index is 1.75. The van der Waals surface area contributed by atoms with Crippen LogP contribution in [0.1, 0.15) is 25.7 Å². The molecule has 2 aliphatic heterocycles. The van der Waals surface area contributed by atoms with Crippen molar-refractivity contribution in [1.82, 2.24) is 9.80 Å². The average molecular weight is 240 g/mol. The fraction of sp³-hybridized carbons (Fsp3) is 0.833. The van der Waals surface area contributed by atoms with E-state index < -0.39 is 11.9 Å². The van der Waals surface area contributed by atoms with E-state index in [1.807, 2.05) is 0 Å². The lowest BCUT2D eigenvalue weighted by atomic mass is 10.1. The van der Waals surface area contributed by atoms with Gasteiger partial charge in [-0.1, -0.05) is 6.42 Å². The van der Waals surface area contributed by atoms with Crippen LogP contribution in [-0.4, -0.2) is 59.5 Å². The Hall–Kier alpha value is -1.10. The topological polar surface area (TPSA) is 60.9 Å². The molecule has 0 aromatic heterocycles. The Kier molecular flexibility index (Phi) is 3.99. The highest BCUT2D eigenvalue weighted by Gasteiger charge is 2.34. The first-order chi connectivity index (χ1) is 8.16. The van der Waals surface area contributed by atoms with E-state index in [1.165, 1.54) is 19.3 Å². The molecule has 2 aliphatic rings. The van der Waals surface area contributed by atoms with Gasteiger partial charge in [0.05, 0.1) is 5.92 Å². The molecule has 0 spiro atoms. The Bertz CT molecular complexity index is 300. The third-order valence-corrected chi connectivity index (χ3v) is 3.70. The number of amides is 1. The van der Waals surface area contributed by atoms with E-state index in [9.17, 15) is 9.59 Å². The molecule has 0 aliphatic carbocycles. The lowest BCUT2D eigenvalue weighted by Gasteiger charge is -2.28. The minimum Gasteiger partial charge on any atom is -0.481 e. The fourth-order valence-electron chi connectivity index (χ4n) is 2.60. The zero-order valence-electron chi connectivity index (χ0n) is 10.1. The first-order valence-corrected chi connectivity index (χ1v) is 6.40. The van der Waals surface area contributed by atoms with Gasteiger partial charge in [0.2, 0.25) is 5.91 Å². The summed E-state index contributed by atoms with van der Waals surface area (Å²) in [4.78, 5) is 26.5. The standard InChI is InChI=1S/C12H20N2O3/c15-11-8-10(12(16)17)9-14(11)7-6-13-4-2-1-3-5-13/h10H,1-9H2,(H,16,17). The summed E-state index contributed by atoms with van der Waals surface area (Å²) in [7, 11) is 0. The highest BCUT2D eigenvalue weighted by atomic mass is 16.4. The second-order valence-corrected chi connectivity index (χ2v) is 4.98. The van der Waals surface area contributed by atoms with Crippen LogP contribution in [0.15, 0.2) is 0 Å². The van der Waals surface area contributed by atoms with Crippen LogP contribution in [0.2, 0.25) is 0 Å². The lowest BCUT2D eigenvalue weighted by molar-refractivity contribution is -0.141. The monoisotopic (exact) mass is 240 g/mol. The van der Waals surface area contributed by atoms with Gasteiger partial charge in [-0.2, -0.15) is 0 Å². The number of hydrogen-bond acceptors (Lipinski definition) is 3. The summed E-state index contributed by atoms with van der Waals surface area (Å²) >= 11 is 0. The molecule has 2 fully saturated rings. The molecule has 2 heterocycles. The molecule has 5 heteroatoms. The van der Waals surface area contributed by atoms with Crippen molar-refractivity contribution >= 4 is 11.9 Å². The van der Waals surface area contributed by atoms with E-state index in [0.717, 1.165) is 19.6 Å². The van der Waals surface area contributed by atoms with Gasteiger partial charge >= 0.3 is 5.97 Å². The Morgan fingerprint density at radius 3 is 2.53 bits per heavy atom. The predicted octanol–water partition coefficient (Wildman–Crippen LogP) is 0.405. The molecular weight excluding hydrogens is 220 g/mol. The second-order valence-electron chi connectivity index (χ2n) is 4.98. The maximum absolute atomic E-state index is 11.6. The molecule has 2 rings (SSSR count). The molecule has 1 atom stereocenters. The number of carboxylic acid groups (broad SMARTS) is 1. The number of carbonyl (C=O) groups is 2. The van der Waals surface area contributed by atoms with Crippen molar-refractivity contribution < 1.29 is 14.7 Å². The van der Waals surface area contributed by atoms with E-state index >= 15 is 0 Å². The van der Waals surface area contributed by atoms with E-state index in [-0.39, 0.29) is 12.3 Å². The zero-order valence-corrected chi connectivity index (χ0v) is 10.1. The minimum absolute atomic E-state index is 0.00518. The summed E-state index contributed by atoms with van der Waals surface area (Å²) in [5, 5.41) is 8.88. The summed E-state index contributed by atoms with van der Waals surface area (Å²) in [6.45, 7) is 4.19. The van der Waals surface area contributed by atoms with Crippen LogP contribution in [0.5, 0.6) is 0 Å². The van der Waals surface area contributed by atoms with Crippen LogP contribution in [0.4, 0.5) is 0 Å². The first kappa shape index (κ1) is 12.4. The van der Waals surface area contributed by atoms with Crippen molar-refractivity contribution in [3.05, 3.63) is 0 Å². The molecular formula is C12H20N2O3. The van der Waals surface area contributed by atoms with Gasteiger partial charge in [-0.25, -0.2) is 0 Å².